The number of nitrogens with zero attached hydrogens (tertiary/aromatic N) is 4. The van der Waals surface area contributed by atoms with Gasteiger partial charge in [0.15, 0.2) is 0 Å². The van der Waals surface area contributed by atoms with Crippen molar-refractivity contribution in [1.29, 1.82) is 0 Å². The van der Waals surface area contributed by atoms with Gasteiger partial charge in [-0.3, -0.25) is 9.59 Å². The summed E-state index contributed by atoms with van der Waals surface area (Å²) in [4.78, 5) is 66.5. The van der Waals surface area contributed by atoms with Crippen LogP contribution in [0.4, 0.5) is 9.59 Å². The van der Waals surface area contributed by atoms with Crippen LogP contribution in [0.2, 0.25) is 0 Å². The van der Waals surface area contributed by atoms with Gasteiger partial charge in [-0.05, 0) is 47.7 Å². The second-order valence-electron chi connectivity index (χ2n) is 10.8. The van der Waals surface area contributed by atoms with Crippen molar-refractivity contribution < 1.29 is 28.7 Å². The van der Waals surface area contributed by atoms with E-state index >= 15 is 0 Å². The number of ether oxygens (including phenoxy) is 2. The first-order valence-corrected chi connectivity index (χ1v) is 15.6. The quantitative estimate of drug-likeness (QED) is 0.158. The van der Waals surface area contributed by atoms with E-state index in [0.717, 1.165) is 40.4 Å². The van der Waals surface area contributed by atoms with Gasteiger partial charge in [0, 0.05) is 24.2 Å². The molecule has 14 nitrogen and oxygen atoms in total. The molecule has 2 aromatic heterocycles. The minimum atomic E-state index is -0.661. The number of carbonyl (C=O) groups is 4. The van der Waals surface area contributed by atoms with Gasteiger partial charge in [-0.15, -0.1) is 0 Å². The molecule has 0 aliphatic rings. The molecule has 2 heterocycles. The van der Waals surface area contributed by atoms with Crippen molar-refractivity contribution in [3.05, 3.63) is 71.7 Å². The van der Waals surface area contributed by atoms with Crippen molar-refractivity contribution in [1.82, 2.24) is 40.4 Å². The molecule has 0 saturated heterocycles. The molecular weight excluding hydrogens is 616 g/mol. The Morgan fingerprint density at radius 3 is 1.92 bits per heavy atom. The van der Waals surface area contributed by atoms with E-state index in [0.29, 0.717) is 30.4 Å². The topological polar surface area (TPSA) is 175 Å². The summed E-state index contributed by atoms with van der Waals surface area (Å²) in [5, 5.41) is 6.88. The third-order valence-electron chi connectivity index (χ3n) is 7.26. The zero-order valence-electron chi connectivity index (χ0n) is 27.5. The van der Waals surface area contributed by atoms with E-state index in [-0.39, 0.29) is 38.0 Å². The highest BCUT2D eigenvalue weighted by atomic mass is 16.5. The van der Waals surface area contributed by atoms with Crippen LogP contribution in [0.5, 0.6) is 0 Å². The monoisotopic (exact) mass is 656 g/mol. The summed E-state index contributed by atoms with van der Waals surface area (Å²) in [6.07, 6.45) is 3.57. The molecule has 0 spiro atoms. The molecule has 14 heteroatoms. The Morgan fingerprint density at radius 1 is 0.750 bits per heavy atom. The lowest BCUT2D eigenvalue weighted by molar-refractivity contribution is -0.131. The number of hydrogen-bond donors (Lipinski definition) is 4. The first-order valence-electron chi connectivity index (χ1n) is 15.6. The molecule has 4 rings (SSSR count). The lowest BCUT2D eigenvalue weighted by Gasteiger charge is -2.21. The SMILES string of the molecule is CCCN(Cc1ncc(C#Cc2ccc3cc(-c4cnc(CN(CCC)C(=O)CNC(=O)OC)[nH]4)ccc3c2)[nH]1)C(=O)CNC(=O)OC. The number of rotatable bonds is 13. The van der Waals surface area contributed by atoms with Crippen LogP contribution in [0.3, 0.4) is 0 Å². The van der Waals surface area contributed by atoms with E-state index in [1.807, 2.05) is 44.2 Å². The Kier molecular flexibility index (Phi) is 12.5. The van der Waals surface area contributed by atoms with Gasteiger partial charge in [-0.25, -0.2) is 19.6 Å². The average Bonchev–Trinajstić information content (AvgIpc) is 3.77. The third kappa shape index (κ3) is 9.83. The fourth-order valence-corrected chi connectivity index (χ4v) is 4.88. The molecule has 0 radical (unpaired) electrons. The zero-order valence-corrected chi connectivity index (χ0v) is 27.5. The van der Waals surface area contributed by atoms with Crippen LogP contribution in [0.15, 0.2) is 48.8 Å². The lowest BCUT2D eigenvalue weighted by atomic mass is 10.0. The number of aromatic amines is 2. The predicted molar refractivity (Wildman–Crippen MR) is 178 cm³/mol. The number of alkyl carbamates (subject to hydrolysis) is 2. The van der Waals surface area contributed by atoms with E-state index in [1.165, 1.54) is 14.2 Å². The van der Waals surface area contributed by atoms with Gasteiger partial charge in [0.05, 0.1) is 45.4 Å². The lowest BCUT2D eigenvalue weighted by Crippen LogP contribution is -2.40. The number of carbonyl (C=O) groups excluding carboxylic acids is 4. The number of imidazole rings is 2. The molecule has 0 aliphatic carbocycles. The first-order chi connectivity index (χ1) is 23.2. The fourth-order valence-electron chi connectivity index (χ4n) is 4.88. The molecular formula is C34H40N8O6. The van der Waals surface area contributed by atoms with Crippen molar-refractivity contribution in [3.8, 4) is 23.1 Å². The summed E-state index contributed by atoms with van der Waals surface area (Å²) >= 11 is 0. The molecule has 4 amide bonds. The third-order valence-corrected chi connectivity index (χ3v) is 7.26. The van der Waals surface area contributed by atoms with E-state index in [9.17, 15) is 19.2 Å². The number of amides is 4. The molecule has 252 valence electrons. The maximum Gasteiger partial charge on any atom is 0.407 e. The Bertz CT molecular complexity index is 1800. The van der Waals surface area contributed by atoms with Crippen LogP contribution in [-0.2, 0) is 32.2 Å². The number of benzene rings is 2. The zero-order chi connectivity index (χ0) is 34.5. The van der Waals surface area contributed by atoms with Crippen LogP contribution in [-0.4, -0.2) is 94.1 Å². The maximum absolute atomic E-state index is 12.6. The van der Waals surface area contributed by atoms with Crippen molar-refractivity contribution in [2.75, 3.05) is 40.4 Å². The summed E-state index contributed by atoms with van der Waals surface area (Å²) in [7, 11) is 2.49. The van der Waals surface area contributed by atoms with Crippen molar-refractivity contribution >= 4 is 34.8 Å². The van der Waals surface area contributed by atoms with E-state index in [2.05, 4.69) is 58.0 Å². The van der Waals surface area contributed by atoms with Crippen LogP contribution in [0, 0.1) is 11.8 Å². The van der Waals surface area contributed by atoms with Gasteiger partial charge < -0.3 is 39.9 Å². The molecule has 4 aromatic rings. The van der Waals surface area contributed by atoms with Crippen LogP contribution < -0.4 is 10.6 Å². The highest BCUT2D eigenvalue weighted by Gasteiger charge is 2.17. The van der Waals surface area contributed by atoms with Gasteiger partial charge in [0.25, 0.3) is 0 Å². The number of methoxy groups -OCH3 is 2. The molecule has 0 fully saturated rings. The van der Waals surface area contributed by atoms with Gasteiger partial charge >= 0.3 is 12.2 Å². The number of hydrogen-bond acceptors (Lipinski definition) is 8. The Hall–Kier alpha value is -5.84. The minimum absolute atomic E-state index is 0.154. The molecule has 0 bridgehead atoms. The molecule has 0 unspecified atom stereocenters. The number of aromatic nitrogens is 4. The fraction of sp³-hybridized carbons (Fsp3) is 0.353. The van der Waals surface area contributed by atoms with Crippen LogP contribution >= 0.6 is 0 Å². The molecule has 0 atom stereocenters. The molecule has 4 N–H and O–H groups in total. The highest BCUT2D eigenvalue weighted by Crippen LogP contribution is 2.24. The summed E-state index contributed by atoms with van der Waals surface area (Å²) in [6, 6.07) is 12.0. The molecule has 0 saturated carbocycles. The molecule has 48 heavy (non-hydrogen) atoms. The molecule has 0 aliphatic heterocycles. The Balaban J connectivity index is 1.40. The van der Waals surface area contributed by atoms with Crippen molar-refractivity contribution in [3.63, 3.8) is 0 Å². The Morgan fingerprint density at radius 2 is 1.31 bits per heavy atom. The maximum atomic E-state index is 12.6. The summed E-state index contributed by atoms with van der Waals surface area (Å²) in [5.74, 6) is 7.03. The Labute approximate surface area is 278 Å². The second kappa shape index (κ2) is 17.2. The van der Waals surface area contributed by atoms with E-state index in [1.54, 1.807) is 22.2 Å². The van der Waals surface area contributed by atoms with Crippen LogP contribution in [0.1, 0.15) is 49.6 Å². The number of fused-ring (bicyclic) bond motifs is 1. The van der Waals surface area contributed by atoms with Crippen LogP contribution in [0.25, 0.3) is 22.0 Å². The van der Waals surface area contributed by atoms with Crippen molar-refractivity contribution in [2.24, 2.45) is 0 Å². The number of H-pyrrole nitrogens is 2. The van der Waals surface area contributed by atoms with Gasteiger partial charge in [-0.1, -0.05) is 38.0 Å². The summed E-state index contributed by atoms with van der Waals surface area (Å²) in [5.41, 5.74) is 3.21. The summed E-state index contributed by atoms with van der Waals surface area (Å²) < 4.78 is 9.07. The average molecular weight is 657 g/mol. The normalized spacial score (nSPS) is 10.5. The minimum Gasteiger partial charge on any atom is -0.453 e. The predicted octanol–water partition coefficient (Wildman–Crippen LogP) is 3.54. The first kappa shape index (κ1) is 35.0. The highest BCUT2D eigenvalue weighted by molar-refractivity contribution is 5.88. The number of nitrogens with one attached hydrogen (secondary N) is 4. The molecule has 2 aromatic carbocycles. The van der Waals surface area contributed by atoms with Gasteiger partial charge in [0.1, 0.15) is 30.4 Å². The van der Waals surface area contributed by atoms with E-state index in [4.69, 9.17) is 0 Å². The van der Waals surface area contributed by atoms with Crippen molar-refractivity contribution in [2.45, 2.75) is 39.8 Å². The second-order valence-corrected chi connectivity index (χ2v) is 10.8. The standard InChI is InChI=1S/C34H40N8O6/c1-5-13-41(31(43)19-37-33(45)47-3)21-29-35-17-27(39-29)12-8-23-7-9-25-16-26(11-10-24(25)15-23)28-18-36-30(40-28)22-42(14-6-2)32(44)20-38-34(46)48-4/h7,9-11,15-18H,5-6,13-14,19-22H2,1-4H3,(H,35,39)(H,36,40)(H,37,45)(H,38,46). The van der Waals surface area contributed by atoms with Gasteiger partial charge in [-0.2, -0.15) is 0 Å². The van der Waals surface area contributed by atoms with E-state index < -0.39 is 12.2 Å². The summed E-state index contributed by atoms with van der Waals surface area (Å²) in [6.45, 7) is 5.21. The largest absolute Gasteiger partial charge is 0.453 e. The smallest absolute Gasteiger partial charge is 0.407 e. The van der Waals surface area contributed by atoms with Gasteiger partial charge in [0.2, 0.25) is 11.8 Å².